The zero-order valence-corrected chi connectivity index (χ0v) is 21.1. The SMILES string of the molecule is Cc1cc(C)cc(OCn2ccc(C(=O)Nc3ccc(S(=O)(=O)Nc4nc(C)cc(C)n4)cc3)n2)c1. The fraction of sp³-hybridized carbons (Fsp3) is 0.200. The van der Waals surface area contributed by atoms with Crippen LogP contribution in [0, 0.1) is 27.7 Å². The molecule has 186 valence electrons. The minimum absolute atomic E-state index is 0.00183. The van der Waals surface area contributed by atoms with Gasteiger partial charge < -0.3 is 10.1 Å². The van der Waals surface area contributed by atoms with Crippen molar-refractivity contribution in [2.24, 2.45) is 0 Å². The Hall–Kier alpha value is -4.25. The first-order chi connectivity index (χ1) is 17.1. The van der Waals surface area contributed by atoms with Crippen LogP contribution in [0.5, 0.6) is 5.75 Å². The van der Waals surface area contributed by atoms with E-state index in [9.17, 15) is 13.2 Å². The van der Waals surface area contributed by atoms with Gasteiger partial charge in [-0.05, 0) is 87.4 Å². The van der Waals surface area contributed by atoms with Crippen molar-refractivity contribution in [3.8, 4) is 5.75 Å². The third-order valence-electron chi connectivity index (χ3n) is 5.06. The predicted octanol–water partition coefficient (Wildman–Crippen LogP) is 4.00. The molecule has 0 atom stereocenters. The Morgan fingerprint density at radius 3 is 2.19 bits per heavy atom. The molecule has 0 spiro atoms. The van der Waals surface area contributed by atoms with Crippen LogP contribution >= 0.6 is 0 Å². The molecular formula is C25H26N6O4S. The van der Waals surface area contributed by atoms with E-state index in [1.807, 2.05) is 26.0 Å². The third-order valence-corrected chi connectivity index (χ3v) is 6.41. The van der Waals surface area contributed by atoms with E-state index in [0.29, 0.717) is 17.1 Å². The molecule has 0 aliphatic heterocycles. The quantitative estimate of drug-likeness (QED) is 0.370. The number of nitrogens with zero attached hydrogens (tertiary/aromatic N) is 4. The number of nitrogens with one attached hydrogen (secondary N) is 2. The molecule has 10 nitrogen and oxygen atoms in total. The molecule has 4 rings (SSSR count). The van der Waals surface area contributed by atoms with E-state index in [1.54, 1.807) is 32.2 Å². The standard InChI is InChI=1S/C25H26N6O4S/c1-16-11-17(2)13-21(12-16)35-15-31-10-9-23(29-31)24(32)28-20-5-7-22(8-6-20)36(33,34)30-25-26-18(3)14-19(4)27-25/h5-14H,15H2,1-4H3,(H,28,32)(H,26,27,30). The average molecular weight is 507 g/mol. The normalized spacial score (nSPS) is 11.2. The highest BCUT2D eigenvalue weighted by atomic mass is 32.2. The second-order valence-electron chi connectivity index (χ2n) is 8.40. The van der Waals surface area contributed by atoms with E-state index in [0.717, 1.165) is 16.9 Å². The second kappa shape index (κ2) is 10.2. The van der Waals surface area contributed by atoms with Crippen LogP contribution in [0.3, 0.4) is 0 Å². The minimum Gasteiger partial charge on any atom is -0.471 e. The lowest BCUT2D eigenvalue weighted by Crippen LogP contribution is -2.16. The molecular weight excluding hydrogens is 480 g/mol. The monoisotopic (exact) mass is 506 g/mol. The molecule has 0 bridgehead atoms. The number of rotatable bonds is 8. The Morgan fingerprint density at radius 2 is 1.56 bits per heavy atom. The molecule has 0 aliphatic carbocycles. The summed E-state index contributed by atoms with van der Waals surface area (Å²) < 4.78 is 35.0. The Morgan fingerprint density at radius 1 is 0.917 bits per heavy atom. The van der Waals surface area contributed by atoms with Crippen molar-refractivity contribution in [1.82, 2.24) is 19.7 Å². The first-order valence-electron chi connectivity index (χ1n) is 11.1. The number of aryl methyl sites for hydroxylation is 4. The van der Waals surface area contributed by atoms with Gasteiger partial charge >= 0.3 is 0 Å². The summed E-state index contributed by atoms with van der Waals surface area (Å²) in [7, 11) is -3.89. The summed E-state index contributed by atoms with van der Waals surface area (Å²) in [6.45, 7) is 7.65. The van der Waals surface area contributed by atoms with Crippen molar-refractivity contribution in [2.75, 3.05) is 10.0 Å². The van der Waals surface area contributed by atoms with Crippen LogP contribution in [0.2, 0.25) is 0 Å². The lowest BCUT2D eigenvalue weighted by molar-refractivity contribution is 0.102. The number of aromatic nitrogens is 4. The van der Waals surface area contributed by atoms with E-state index < -0.39 is 15.9 Å². The van der Waals surface area contributed by atoms with Gasteiger partial charge in [0.2, 0.25) is 5.95 Å². The van der Waals surface area contributed by atoms with Crippen molar-refractivity contribution < 1.29 is 17.9 Å². The number of anilines is 2. The molecule has 2 aromatic heterocycles. The molecule has 4 aromatic rings. The maximum atomic E-state index is 12.7. The molecule has 0 saturated heterocycles. The van der Waals surface area contributed by atoms with Crippen LogP contribution in [0.1, 0.15) is 33.0 Å². The Kier molecular flexibility index (Phi) is 7.02. The maximum absolute atomic E-state index is 12.7. The van der Waals surface area contributed by atoms with E-state index in [4.69, 9.17) is 4.74 Å². The number of benzene rings is 2. The summed E-state index contributed by atoms with van der Waals surface area (Å²) in [6.07, 6.45) is 1.65. The summed E-state index contributed by atoms with van der Waals surface area (Å²) in [5.41, 5.74) is 4.11. The Balaban J connectivity index is 1.37. The van der Waals surface area contributed by atoms with Crippen molar-refractivity contribution in [1.29, 1.82) is 0 Å². The fourth-order valence-corrected chi connectivity index (χ4v) is 4.52. The number of carbonyl (C=O) groups is 1. The fourth-order valence-electron chi connectivity index (χ4n) is 3.57. The summed E-state index contributed by atoms with van der Waals surface area (Å²) in [5.74, 6) is 0.294. The van der Waals surface area contributed by atoms with Gasteiger partial charge in [-0.3, -0.25) is 4.79 Å². The van der Waals surface area contributed by atoms with Crippen LogP contribution < -0.4 is 14.8 Å². The Labute approximate surface area is 209 Å². The number of amides is 1. The molecule has 2 heterocycles. The topological polar surface area (TPSA) is 128 Å². The summed E-state index contributed by atoms with van der Waals surface area (Å²) in [6, 6.07) is 15.0. The van der Waals surface area contributed by atoms with Gasteiger partial charge in [-0.25, -0.2) is 27.8 Å². The van der Waals surface area contributed by atoms with Gasteiger partial charge in [-0.1, -0.05) is 6.07 Å². The number of hydrogen-bond acceptors (Lipinski definition) is 7. The van der Waals surface area contributed by atoms with Gasteiger partial charge in [0.15, 0.2) is 12.4 Å². The molecule has 0 aliphatic rings. The maximum Gasteiger partial charge on any atom is 0.276 e. The van der Waals surface area contributed by atoms with Crippen molar-refractivity contribution >= 4 is 27.6 Å². The van der Waals surface area contributed by atoms with Crippen molar-refractivity contribution in [2.45, 2.75) is 39.3 Å². The number of sulfonamides is 1. The number of carbonyl (C=O) groups excluding carboxylic acids is 1. The predicted molar refractivity (Wildman–Crippen MR) is 135 cm³/mol. The van der Waals surface area contributed by atoms with Crippen LogP contribution in [-0.4, -0.2) is 34.1 Å². The third kappa shape index (κ3) is 6.25. The molecule has 2 aromatic carbocycles. The van der Waals surface area contributed by atoms with Crippen LogP contribution in [0.4, 0.5) is 11.6 Å². The van der Waals surface area contributed by atoms with Gasteiger partial charge in [0.25, 0.3) is 15.9 Å². The van der Waals surface area contributed by atoms with Crippen LogP contribution in [0.15, 0.2) is 65.7 Å². The zero-order chi connectivity index (χ0) is 25.9. The van der Waals surface area contributed by atoms with Gasteiger partial charge in [0.05, 0.1) is 4.90 Å². The summed E-state index contributed by atoms with van der Waals surface area (Å²) >= 11 is 0. The highest BCUT2D eigenvalue weighted by molar-refractivity contribution is 7.92. The highest BCUT2D eigenvalue weighted by Crippen LogP contribution is 2.18. The van der Waals surface area contributed by atoms with Crippen molar-refractivity contribution in [3.05, 3.63) is 89.0 Å². The molecule has 11 heteroatoms. The Bertz CT molecular complexity index is 1470. The largest absolute Gasteiger partial charge is 0.471 e. The van der Waals surface area contributed by atoms with Gasteiger partial charge in [0, 0.05) is 23.3 Å². The second-order valence-corrected chi connectivity index (χ2v) is 10.1. The van der Waals surface area contributed by atoms with E-state index in [-0.39, 0.29) is 23.3 Å². The smallest absolute Gasteiger partial charge is 0.276 e. The first kappa shape index (κ1) is 24.9. The van der Waals surface area contributed by atoms with E-state index in [2.05, 4.69) is 31.2 Å². The molecule has 1 amide bonds. The molecule has 0 fully saturated rings. The van der Waals surface area contributed by atoms with Crippen molar-refractivity contribution in [3.63, 3.8) is 0 Å². The first-order valence-corrected chi connectivity index (χ1v) is 12.6. The molecule has 2 N–H and O–H groups in total. The summed E-state index contributed by atoms with van der Waals surface area (Å²) in [4.78, 5) is 20.8. The number of hydrogen-bond donors (Lipinski definition) is 2. The lowest BCUT2D eigenvalue weighted by atomic mass is 10.1. The lowest BCUT2D eigenvalue weighted by Gasteiger charge is -2.09. The van der Waals surface area contributed by atoms with Crippen LogP contribution in [-0.2, 0) is 16.8 Å². The van der Waals surface area contributed by atoms with Crippen LogP contribution in [0.25, 0.3) is 0 Å². The minimum atomic E-state index is -3.89. The zero-order valence-electron chi connectivity index (χ0n) is 20.3. The molecule has 0 radical (unpaired) electrons. The van der Waals surface area contributed by atoms with Gasteiger partial charge in [0.1, 0.15) is 5.75 Å². The highest BCUT2D eigenvalue weighted by Gasteiger charge is 2.17. The average Bonchev–Trinajstić information content (AvgIpc) is 3.26. The molecule has 0 saturated carbocycles. The number of ether oxygens (including phenoxy) is 1. The van der Waals surface area contributed by atoms with Gasteiger partial charge in [-0.2, -0.15) is 5.10 Å². The molecule has 0 unspecified atom stereocenters. The molecule has 36 heavy (non-hydrogen) atoms. The van der Waals surface area contributed by atoms with Gasteiger partial charge in [-0.15, -0.1) is 0 Å². The van der Waals surface area contributed by atoms with E-state index in [1.165, 1.54) is 28.9 Å². The summed E-state index contributed by atoms with van der Waals surface area (Å²) in [5, 5.41) is 6.95. The van der Waals surface area contributed by atoms with E-state index >= 15 is 0 Å².